The van der Waals surface area contributed by atoms with Crippen LogP contribution in [0, 0.1) is 5.92 Å². The number of amides is 2. The van der Waals surface area contributed by atoms with Gasteiger partial charge < -0.3 is 11.1 Å². The molecule has 1 heterocycles. The SMILES string of the molecule is NC(=O)C1CCCCC1NC(=O)Cc1nsc2ccccc12. The van der Waals surface area contributed by atoms with Gasteiger partial charge in [0.05, 0.1) is 22.7 Å². The van der Waals surface area contributed by atoms with Gasteiger partial charge in [0.1, 0.15) is 0 Å². The summed E-state index contributed by atoms with van der Waals surface area (Å²) >= 11 is 1.40. The largest absolute Gasteiger partial charge is 0.369 e. The van der Waals surface area contributed by atoms with Gasteiger partial charge in [0.2, 0.25) is 11.8 Å². The average molecular weight is 317 g/mol. The maximum absolute atomic E-state index is 12.3. The lowest BCUT2D eigenvalue weighted by Crippen LogP contribution is -2.47. The highest BCUT2D eigenvalue weighted by molar-refractivity contribution is 7.13. The zero-order chi connectivity index (χ0) is 15.5. The summed E-state index contributed by atoms with van der Waals surface area (Å²) < 4.78 is 5.45. The molecule has 2 aromatic rings. The first kappa shape index (κ1) is 15.0. The van der Waals surface area contributed by atoms with Crippen molar-refractivity contribution < 1.29 is 9.59 Å². The average Bonchev–Trinajstić information content (AvgIpc) is 2.91. The Kier molecular flexibility index (Phi) is 4.38. The summed E-state index contributed by atoms with van der Waals surface area (Å²) in [6, 6.07) is 7.75. The quantitative estimate of drug-likeness (QED) is 0.904. The second kappa shape index (κ2) is 6.44. The van der Waals surface area contributed by atoms with Crippen LogP contribution in [0.5, 0.6) is 0 Å². The van der Waals surface area contributed by atoms with Crippen molar-refractivity contribution in [1.29, 1.82) is 0 Å². The van der Waals surface area contributed by atoms with E-state index in [-0.39, 0.29) is 30.2 Å². The Morgan fingerprint density at radius 1 is 1.27 bits per heavy atom. The summed E-state index contributed by atoms with van der Waals surface area (Å²) in [7, 11) is 0. The van der Waals surface area contributed by atoms with Gasteiger partial charge >= 0.3 is 0 Å². The van der Waals surface area contributed by atoms with Gasteiger partial charge in [-0.3, -0.25) is 9.59 Å². The minimum absolute atomic E-state index is 0.0887. The van der Waals surface area contributed by atoms with E-state index in [0.717, 1.165) is 41.5 Å². The van der Waals surface area contributed by atoms with Crippen molar-refractivity contribution in [3.05, 3.63) is 30.0 Å². The monoisotopic (exact) mass is 317 g/mol. The third kappa shape index (κ3) is 3.11. The molecule has 0 radical (unpaired) electrons. The maximum Gasteiger partial charge on any atom is 0.226 e. The van der Waals surface area contributed by atoms with Crippen LogP contribution in [0.4, 0.5) is 0 Å². The maximum atomic E-state index is 12.3. The number of rotatable bonds is 4. The lowest BCUT2D eigenvalue weighted by molar-refractivity contribution is -0.125. The Labute approximate surface area is 133 Å². The summed E-state index contributed by atoms with van der Waals surface area (Å²) in [6.07, 6.45) is 3.84. The summed E-state index contributed by atoms with van der Waals surface area (Å²) in [5.41, 5.74) is 6.24. The molecule has 2 atom stereocenters. The standard InChI is InChI=1S/C16H19N3O2S/c17-16(21)11-6-1-3-7-12(11)18-15(20)9-13-10-5-2-4-8-14(10)22-19-13/h2,4-5,8,11-12H,1,3,6-7,9H2,(H2,17,21)(H,18,20). The highest BCUT2D eigenvalue weighted by atomic mass is 32.1. The van der Waals surface area contributed by atoms with E-state index in [0.29, 0.717) is 0 Å². The van der Waals surface area contributed by atoms with E-state index in [1.165, 1.54) is 11.5 Å². The number of nitrogens with two attached hydrogens (primary N) is 1. The van der Waals surface area contributed by atoms with Gasteiger partial charge in [0, 0.05) is 11.4 Å². The number of hydrogen-bond acceptors (Lipinski definition) is 4. The summed E-state index contributed by atoms with van der Waals surface area (Å²) in [5.74, 6) is -0.650. The van der Waals surface area contributed by atoms with Crippen molar-refractivity contribution in [3.8, 4) is 0 Å². The molecule has 22 heavy (non-hydrogen) atoms. The summed E-state index contributed by atoms with van der Waals surface area (Å²) in [6.45, 7) is 0. The van der Waals surface area contributed by atoms with Crippen LogP contribution < -0.4 is 11.1 Å². The van der Waals surface area contributed by atoms with E-state index in [9.17, 15) is 9.59 Å². The molecule has 1 aliphatic carbocycles. The first-order valence-corrected chi connectivity index (χ1v) is 8.34. The molecule has 0 spiro atoms. The first-order valence-electron chi connectivity index (χ1n) is 7.57. The lowest BCUT2D eigenvalue weighted by Gasteiger charge is -2.29. The number of carbonyl (C=O) groups is 2. The molecule has 3 N–H and O–H groups in total. The molecule has 0 saturated heterocycles. The van der Waals surface area contributed by atoms with Crippen LogP contribution >= 0.6 is 11.5 Å². The number of carbonyl (C=O) groups excluding carboxylic acids is 2. The van der Waals surface area contributed by atoms with Gasteiger partial charge in [-0.15, -0.1) is 0 Å². The Balaban J connectivity index is 1.68. The number of nitrogens with one attached hydrogen (secondary N) is 1. The highest BCUT2D eigenvalue weighted by Crippen LogP contribution is 2.25. The fourth-order valence-electron chi connectivity index (χ4n) is 3.12. The Morgan fingerprint density at radius 3 is 2.86 bits per heavy atom. The third-order valence-corrected chi connectivity index (χ3v) is 5.12. The highest BCUT2D eigenvalue weighted by Gasteiger charge is 2.30. The van der Waals surface area contributed by atoms with E-state index in [1.807, 2.05) is 24.3 Å². The Bertz CT molecular complexity index is 698. The zero-order valence-corrected chi connectivity index (χ0v) is 13.1. The molecule has 1 aromatic heterocycles. The van der Waals surface area contributed by atoms with Gasteiger partial charge in [0.15, 0.2) is 0 Å². The lowest BCUT2D eigenvalue weighted by atomic mass is 9.84. The summed E-state index contributed by atoms with van der Waals surface area (Å²) in [5, 5.41) is 4.00. The third-order valence-electron chi connectivity index (χ3n) is 4.26. The molecule has 0 bridgehead atoms. The van der Waals surface area contributed by atoms with E-state index in [1.54, 1.807) is 0 Å². The molecule has 2 amide bonds. The molecule has 1 fully saturated rings. The smallest absolute Gasteiger partial charge is 0.226 e. The molecular weight excluding hydrogens is 298 g/mol. The molecule has 1 aromatic carbocycles. The number of hydrogen-bond donors (Lipinski definition) is 2. The van der Waals surface area contributed by atoms with Crippen LogP contribution in [-0.2, 0) is 16.0 Å². The number of benzene rings is 1. The molecular formula is C16H19N3O2S. The van der Waals surface area contributed by atoms with Gasteiger partial charge in [-0.25, -0.2) is 0 Å². The predicted molar refractivity (Wildman–Crippen MR) is 86.4 cm³/mol. The van der Waals surface area contributed by atoms with Crippen LogP contribution in [0.1, 0.15) is 31.4 Å². The molecule has 1 saturated carbocycles. The predicted octanol–water partition coefficient (Wildman–Crippen LogP) is 2.00. The number of aromatic nitrogens is 1. The number of primary amides is 1. The molecule has 3 rings (SSSR count). The zero-order valence-electron chi connectivity index (χ0n) is 12.2. The fraction of sp³-hybridized carbons (Fsp3) is 0.438. The van der Waals surface area contributed by atoms with Crippen molar-refractivity contribution >= 4 is 33.4 Å². The summed E-state index contributed by atoms with van der Waals surface area (Å²) in [4.78, 5) is 23.8. The Morgan fingerprint density at radius 2 is 2.05 bits per heavy atom. The topological polar surface area (TPSA) is 85.1 Å². The number of nitrogens with zero attached hydrogens (tertiary/aromatic N) is 1. The van der Waals surface area contributed by atoms with Crippen LogP contribution in [-0.4, -0.2) is 22.2 Å². The fourth-order valence-corrected chi connectivity index (χ4v) is 3.91. The van der Waals surface area contributed by atoms with Gasteiger partial charge in [0.25, 0.3) is 0 Å². The molecule has 2 unspecified atom stereocenters. The van der Waals surface area contributed by atoms with Crippen molar-refractivity contribution in [2.75, 3.05) is 0 Å². The van der Waals surface area contributed by atoms with E-state index >= 15 is 0 Å². The second-order valence-electron chi connectivity index (χ2n) is 5.77. The minimum Gasteiger partial charge on any atom is -0.369 e. The first-order chi connectivity index (χ1) is 10.6. The van der Waals surface area contributed by atoms with E-state index < -0.39 is 0 Å². The van der Waals surface area contributed by atoms with Crippen LogP contribution in [0.3, 0.4) is 0 Å². The van der Waals surface area contributed by atoms with Crippen molar-refractivity contribution in [2.45, 2.75) is 38.1 Å². The van der Waals surface area contributed by atoms with Crippen molar-refractivity contribution in [2.24, 2.45) is 11.7 Å². The van der Waals surface area contributed by atoms with E-state index in [2.05, 4.69) is 9.69 Å². The van der Waals surface area contributed by atoms with Crippen LogP contribution in [0.2, 0.25) is 0 Å². The molecule has 1 aliphatic rings. The van der Waals surface area contributed by atoms with Gasteiger partial charge in [-0.2, -0.15) is 4.37 Å². The van der Waals surface area contributed by atoms with Gasteiger partial charge in [-0.1, -0.05) is 31.0 Å². The molecule has 5 nitrogen and oxygen atoms in total. The van der Waals surface area contributed by atoms with Gasteiger partial charge in [-0.05, 0) is 30.4 Å². The van der Waals surface area contributed by atoms with E-state index in [4.69, 9.17) is 5.73 Å². The normalized spacial score (nSPS) is 21.6. The Hall–Kier alpha value is -1.95. The second-order valence-corrected chi connectivity index (χ2v) is 6.57. The molecule has 6 heteroatoms. The van der Waals surface area contributed by atoms with Crippen molar-refractivity contribution in [1.82, 2.24) is 9.69 Å². The molecule has 0 aliphatic heterocycles. The van der Waals surface area contributed by atoms with Crippen LogP contribution in [0.25, 0.3) is 10.1 Å². The molecule has 116 valence electrons. The van der Waals surface area contributed by atoms with Crippen LogP contribution in [0.15, 0.2) is 24.3 Å². The number of fused-ring (bicyclic) bond motifs is 1. The van der Waals surface area contributed by atoms with Crippen molar-refractivity contribution in [3.63, 3.8) is 0 Å². The minimum atomic E-state index is -0.316.